The van der Waals surface area contributed by atoms with Crippen molar-refractivity contribution in [3.8, 4) is 5.75 Å². The minimum atomic E-state index is -0.395. The van der Waals surface area contributed by atoms with Crippen molar-refractivity contribution in [2.24, 2.45) is 0 Å². The van der Waals surface area contributed by atoms with Gasteiger partial charge in [-0.2, -0.15) is 0 Å². The number of nitrogens with one attached hydrogen (secondary N) is 2. The molecule has 0 aliphatic carbocycles. The zero-order valence-electron chi connectivity index (χ0n) is 22.1. The Labute approximate surface area is 233 Å². The monoisotopic (exact) mass is 551 g/mol. The van der Waals surface area contributed by atoms with Crippen LogP contribution in [0.15, 0.2) is 60.9 Å². The molecule has 4 rings (SSSR count). The topological polar surface area (TPSA) is 106 Å². The summed E-state index contributed by atoms with van der Waals surface area (Å²) in [5.41, 5.74) is 1.37. The molecule has 39 heavy (non-hydrogen) atoms. The van der Waals surface area contributed by atoms with Crippen molar-refractivity contribution in [3.05, 3.63) is 82.9 Å². The molecule has 3 amide bonds. The van der Waals surface area contributed by atoms with Crippen LogP contribution in [0.1, 0.15) is 41.5 Å². The van der Waals surface area contributed by atoms with Crippen molar-refractivity contribution >= 4 is 29.3 Å². The van der Waals surface area contributed by atoms with Crippen LogP contribution in [0, 0.1) is 0 Å². The van der Waals surface area contributed by atoms with Gasteiger partial charge in [0.25, 0.3) is 5.91 Å². The Bertz CT molecular complexity index is 1280. The van der Waals surface area contributed by atoms with Crippen molar-refractivity contribution < 1.29 is 19.1 Å². The second-order valence-electron chi connectivity index (χ2n) is 9.51. The molecule has 206 valence electrons. The van der Waals surface area contributed by atoms with Crippen LogP contribution in [0.2, 0.25) is 5.02 Å². The summed E-state index contributed by atoms with van der Waals surface area (Å²) in [7, 11) is 0. The van der Waals surface area contributed by atoms with E-state index >= 15 is 0 Å². The van der Waals surface area contributed by atoms with Crippen LogP contribution in [0.3, 0.4) is 0 Å². The van der Waals surface area contributed by atoms with E-state index in [0.717, 1.165) is 11.4 Å². The first-order chi connectivity index (χ1) is 18.9. The third-order valence-corrected chi connectivity index (χ3v) is 6.80. The molecule has 2 aromatic carbocycles. The molecular weight excluding hydrogens is 518 g/mol. The average molecular weight is 552 g/mol. The van der Waals surface area contributed by atoms with E-state index in [4.69, 9.17) is 16.3 Å². The van der Waals surface area contributed by atoms with Crippen LogP contribution in [0.25, 0.3) is 0 Å². The highest BCUT2D eigenvalue weighted by molar-refractivity contribution is 6.31. The fraction of sp³-hybridized carbons (Fsp3) is 0.379. The largest absolute Gasteiger partial charge is 0.491 e. The quantitative estimate of drug-likeness (QED) is 0.506. The molecule has 9 nitrogen and oxygen atoms in total. The van der Waals surface area contributed by atoms with Crippen molar-refractivity contribution in [1.82, 2.24) is 25.1 Å². The van der Waals surface area contributed by atoms with Gasteiger partial charge in [-0.25, -0.2) is 4.98 Å². The molecule has 0 saturated heterocycles. The standard InChI is InChI=1S/C29H34ClN5O4/c1-2-26-31-13-15-34(26)19-28(37)35-14-7-6-12-32-29(38)24-17-22(30)10-11-25(24)39-20-23(33-27(36)18-35)16-21-8-4-3-5-9-21/h3-5,8-11,13,15,17,23H,2,6-7,12,14,16,18-20H2,1H3,(H,32,38)(H,33,36)/t23-/m0/s1. The van der Waals surface area contributed by atoms with Gasteiger partial charge >= 0.3 is 0 Å². The van der Waals surface area contributed by atoms with Crippen molar-refractivity contribution in [3.63, 3.8) is 0 Å². The Morgan fingerprint density at radius 3 is 2.77 bits per heavy atom. The number of fused-ring (bicyclic) bond motifs is 1. The normalized spacial score (nSPS) is 17.2. The molecule has 1 aliphatic rings. The summed E-state index contributed by atoms with van der Waals surface area (Å²) in [4.78, 5) is 45.3. The van der Waals surface area contributed by atoms with Crippen LogP contribution in [-0.2, 0) is 29.0 Å². The molecule has 2 N–H and O–H groups in total. The van der Waals surface area contributed by atoms with Crippen molar-refractivity contribution in [2.45, 2.75) is 45.2 Å². The highest BCUT2D eigenvalue weighted by Gasteiger charge is 2.22. The van der Waals surface area contributed by atoms with Gasteiger partial charge in [0.05, 0.1) is 18.2 Å². The van der Waals surface area contributed by atoms with E-state index in [1.165, 1.54) is 0 Å². The van der Waals surface area contributed by atoms with Gasteiger partial charge in [-0.05, 0) is 43.0 Å². The summed E-state index contributed by atoms with van der Waals surface area (Å²) in [6.45, 7) is 2.96. The average Bonchev–Trinajstić information content (AvgIpc) is 3.38. The number of aromatic nitrogens is 2. The Hall–Kier alpha value is -3.85. The van der Waals surface area contributed by atoms with Gasteiger partial charge in [-0.1, -0.05) is 48.9 Å². The third-order valence-electron chi connectivity index (χ3n) is 6.57. The molecule has 1 atom stereocenters. The number of carbonyl (C=O) groups excluding carboxylic acids is 3. The van der Waals surface area contributed by atoms with Gasteiger partial charge in [0.2, 0.25) is 11.8 Å². The highest BCUT2D eigenvalue weighted by atomic mass is 35.5. The number of rotatable bonds is 5. The summed E-state index contributed by atoms with van der Waals surface area (Å²) in [6.07, 6.45) is 5.93. The molecule has 0 fully saturated rings. The van der Waals surface area contributed by atoms with Crippen LogP contribution in [0.4, 0.5) is 0 Å². The molecular formula is C29H34ClN5O4. The zero-order valence-corrected chi connectivity index (χ0v) is 22.8. The fourth-order valence-corrected chi connectivity index (χ4v) is 4.73. The lowest BCUT2D eigenvalue weighted by molar-refractivity contribution is -0.137. The first-order valence-corrected chi connectivity index (χ1v) is 13.6. The number of benzene rings is 2. The van der Waals surface area contributed by atoms with E-state index in [0.29, 0.717) is 55.1 Å². The molecule has 0 unspecified atom stereocenters. The summed E-state index contributed by atoms with van der Waals surface area (Å²) < 4.78 is 7.88. The summed E-state index contributed by atoms with van der Waals surface area (Å²) >= 11 is 6.17. The maximum absolute atomic E-state index is 13.3. The van der Waals surface area contributed by atoms with Gasteiger partial charge in [0.1, 0.15) is 24.7 Å². The van der Waals surface area contributed by atoms with E-state index in [1.54, 1.807) is 35.5 Å². The number of hydrogen-bond donors (Lipinski definition) is 2. The van der Waals surface area contributed by atoms with Crippen LogP contribution in [-0.4, -0.2) is 64.5 Å². The molecule has 10 heteroatoms. The van der Waals surface area contributed by atoms with E-state index in [2.05, 4.69) is 15.6 Å². The maximum Gasteiger partial charge on any atom is 0.255 e. The van der Waals surface area contributed by atoms with E-state index in [9.17, 15) is 14.4 Å². The second-order valence-corrected chi connectivity index (χ2v) is 9.95. The molecule has 1 aromatic heterocycles. The van der Waals surface area contributed by atoms with Crippen molar-refractivity contribution in [1.29, 1.82) is 0 Å². The van der Waals surface area contributed by atoms with Gasteiger partial charge in [0, 0.05) is 36.9 Å². The van der Waals surface area contributed by atoms with Crippen LogP contribution in [0.5, 0.6) is 5.75 Å². The van der Waals surface area contributed by atoms with Crippen LogP contribution >= 0.6 is 11.6 Å². The Balaban J connectivity index is 1.55. The SMILES string of the molecule is CCc1nccn1CC(=O)N1CCCCNC(=O)c2cc(Cl)ccc2OC[C@H](Cc2ccccc2)NC(=O)C1. The van der Waals surface area contributed by atoms with Gasteiger partial charge < -0.3 is 24.8 Å². The molecule has 0 radical (unpaired) electrons. The summed E-state index contributed by atoms with van der Waals surface area (Å²) in [5, 5.41) is 6.39. The maximum atomic E-state index is 13.3. The Morgan fingerprint density at radius 2 is 1.97 bits per heavy atom. The molecule has 0 spiro atoms. The van der Waals surface area contributed by atoms with Gasteiger partial charge in [0.15, 0.2) is 0 Å². The molecule has 0 bridgehead atoms. The fourth-order valence-electron chi connectivity index (χ4n) is 4.55. The number of halogens is 1. The lowest BCUT2D eigenvalue weighted by Gasteiger charge is -2.25. The summed E-state index contributed by atoms with van der Waals surface area (Å²) in [6, 6.07) is 14.3. The predicted molar refractivity (Wildman–Crippen MR) is 149 cm³/mol. The van der Waals surface area contributed by atoms with Gasteiger partial charge in [-0.15, -0.1) is 0 Å². The van der Waals surface area contributed by atoms with Gasteiger partial charge in [-0.3, -0.25) is 14.4 Å². The molecule has 0 saturated carbocycles. The smallest absolute Gasteiger partial charge is 0.255 e. The number of carbonyl (C=O) groups is 3. The van der Waals surface area contributed by atoms with E-state index < -0.39 is 6.04 Å². The number of imidazole rings is 1. The molecule has 3 aromatic rings. The lowest BCUT2D eigenvalue weighted by Crippen LogP contribution is -2.47. The minimum absolute atomic E-state index is 0.0706. The highest BCUT2D eigenvalue weighted by Crippen LogP contribution is 2.23. The summed E-state index contributed by atoms with van der Waals surface area (Å²) in [5.74, 6) is 0.487. The lowest BCUT2D eigenvalue weighted by atomic mass is 10.1. The Morgan fingerprint density at radius 1 is 1.15 bits per heavy atom. The predicted octanol–water partition coefficient (Wildman–Crippen LogP) is 3.26. The van der Waals surface area contributed by atoms with Crippen LogP contribution < -0.4 is 15.4 Å². The number of nitrogens with zero attached hydrogens (tertiary/aromatic N) is 3. The third kappa shape index (κ3) is 8.07. The van der Waals surface area contributed by atoms with Crippen molar-refractivity contribution in [2.75, 3.05) is 26.2 Å². The van der Waals surface area contributed by atoms with E-state index in [-0.39, 0.29) is 37.4 Å². The Kier molecular flexibility index (Phi) is 9.97. The number of amides is 3. The minimum Gasteiger partial charge on any atom is -0.491 e. The van der Waals surface area contributed by atoms with E-state index in [1.807, 2.05) is 41.8 Å². The number of aryl methyl sites for hydroxylation is 1. The second kappa shape index (κ2) is 13.8. The first kappa shape index (κ1) is 28.2. The first-order valence-electron chi connectivity index (χ1n) is 13.2. The number of hydrogen-bond acceptors (Lipinski definition) is 5. The number of ether oxygens (including phenoxy) is 1. The zero-order chi connectivity index (χ0) is 27.6. The molecule has 2 heterocycles. The molecule has 1 aliphatic heterocycles.